The second-order valence-corrected chi connectivity index (χ2v) is 7.21. The number of hydrogen-bond acceptors (Lipinski definition) is 2. The third-order valence-electron chi connectivity index (χ3n) is 5.54. The van der Waals surface area contributed by atoms with Crippen molar-refractivity contribution in [1.82, 2.24) is 14.7 Å². The minimum Gasteiger partial charge on any atom is -0.324 e. The number of carbonyl (C=O) groups excluding carboxylic acids is 1. The van der Waals surface area contributed by atoms with Crippen LogP contribution in [-0.4, -0.2) is 33.8 Å². The number of benzene rings is 1. The topological polar surface area (TPSA) is 50.2 Å². The first-order chi connectivity index (χ1) is 11.9. The first-order valence-electron chi connectivity index (χ1n) is 9.10. The van der Waals surface area contributed by atoms with Crippen LogP contribution in [0.25, 0.3) is 0 Å². The third kappa shape index (κ3) is 3.41. The van der Waals surface area contributed by atoms with Crippen LogP contribution in [0, 0.1) is 13.8 Å². The van der Waals surface area contributed by atoms with Gasteiger partial charge in [-0.2, -0.15) is 5.10 Å². The van der Waals surface area contributed by atoms with E-state index in [9.17, 15) is 4.79 Å². The Labute approximate surface area is 150 Å². The number of aromatic nitrogens is 2. The molecule has 2 amide bonds. The van der Waals surface area contributed by atoms with Crippen molar-refractivity contribution in [3.63, 3.8) is 0 Å². The van der Waals surface area contributed by atoms with Crippen molar-refractivity contribution >= 4 is 11.7 Å². The van der Waals surface area contributed by atoms with Gasteiger partial charge < -0.3 is 10.2 Å². The normalized spacial score (nSPS) is 16.7. The molecule has 134 valence electrons. The summed E-state index contributed by atoms with van der Waals surface area (Å²) < 4.78 is 1.92. The summed E-state index contributed by atoms with van der Waals surface area (Å²) in [7, 11) is 0. The molecule has 0 bridgehead atoms. The average Bonchev–Trinajstić information content (AvgIpc) is 2.90. The van der Waals surface area contributed by atoms with Gasteiger partial charge in [-0.15, -0.1) is 0 Å². The first-order valence-corrected chi connectivity index (χ1v) is 9.10. The highest BCUT2D eigenvalue weighted by Gasteiger charge is 2.33. The molecule has 1 fully saturated rings. The molecule has 0 radical (unpaired) electrons. The summed E-state index contributed by atoms with van der Waals surface area (Å²) in [6, 6.07) is 10.6. The van der Waals surface area contributed by atoms with Crippen molar-refractivity contribution in [2.75, 3.05) is 18.4 Å². The molecule has 1 aromatic carbocycles. The Bertz CT molecular complexity index is 743. The van der Waals surface area contributed by atoms with Gasteiger partial charge in [-0.3, -0.25) is 4.68 Å². The van der Waals surface area contributed by atoms with Gasteiger partial charge in [-0.25, -0.2) is 4.79 Å². The minimum atomic E-state index is -0.0167. The first kappa shape index (κ1) is 17.5. The maximum absolute atomic E-state index is 12.7. The zero-order valence-electron chi connectivity index (χ0n) is 15.7. The maximum Gasteiger partial charge on any atom is 0.321 e. The second-order valence-electron chi connectivity index (χ2n) is 7.21. The van der Waals surface area contributed by atoms with E-state index in [-0.39, 0.29) is 11.4 Å². The van der Waals surface area contributed by atoms with Crippen molar-refractivity contribution in [3.05, 3.63) is 47.3 Å². The summed E-state index contributed by atoms with van der Waals surface area (Å²) in [5.41, 5.74) is 4.25. The smallest absolute Gasteiger partial charge is 0.321 e. The standard InChI is InChI=1S/C20H28N4O/c1-5-24-16(3)18(15(2)22-24)21-19(25)23-13-11-20(4,12-14-23)17-9-7-6-8-10-17/h6-10H,5,11-14H2,1-4H3,(H,21,25). The Morgan fingerprint density at radius 2 is 1.84 bits per heavy atom. The largest absolute Gasteiger partial charge is 0.324 e. The Hall–Kier alpha value is -2.30. The highest BCUT2D eigenvalue weighted by atomic mass is 16.2. The molecule has 3 rings (SSSR count). The number of carbonyl (C=O) groups is 1. The molecule has 0 aliphatic carbocycles. The predicted octanol–water partition coefficient (Wildman–Crippen LogP) is 4.11. The van der Waals surface area contributed by atoms with Crippen molar-refractivity contribution in [3.8, 4) is 0 Å². The molecule has 1 aromatic heterocycles. The fraction of sp³-hybridized carbons (Fsp3) is 0.500. The molecule has 2 heterocycles. The van der Waals surface area contributed by atoms with Gasteiger partial charge in [0.1, 0.15) is 0 Å². The number of nitrogens with one attached hydrogen (secondary N) is 1. The van der Waals surface area contributed by atoms with Crippen LogP contribution in [-0.2, 0) is 12.0 Å². The number of piperidine rings is 1. The number of anilines is 1. The lowest BCUT2D eigenvalue weighted by Crippen LogP contribution is -2.45. The maximum atomic E-state index is 12.7. The molecule has 1 aliphatic rings. The summed E-state index contributed by atoms with van der Waals surface area (Å²) in [5.74, 6) is 0. The Kier molecular flexibility index (Phi) is 4.84. The Morgan fingerprint density at radius 3 is 2.40 bits per heavy atom. The van der Waals surface area contributed by atoms with Crippen molar-refractivity contribution in [2.45, 2.75) is 52.5 Å². The van der Waals surface area contributed by atoms with E-state index < -0.39 is 0 Å². The monoisotopic (exact) mass is 340 g/mol. The molecule has 5 nitrogen and oxygen atoms in total. The SMILES string of the molecule is CCn1nc(C)c(NC(=O)N2CCC(C)(c3ccccc3)CC2)c1C. The number of likely N-dealkylation sites (tertiary alicyclic amines) is 1. The zero-order chi connectivity index (χ0) is 18.0. The molecule has 0 spiro atoms. The van der Waals surface area contributed by atoms with Crippen LogP contribution in [0.15, 0.2) is 30.3 Å². The number of urea groups is 1. The van der Waals surface area contributed by atoms with E-state index in [1.54, 1.807) is 0 Å². The summed E-state index contributed by atoms with van der Waals surface area (Å²) in [4.78, 5) is 14.6. The van der Waals surface area contributed by atoms with Crippen LogP contribution in [0.3, 0.4) is 0 Å². The summed E-state index contributed by atoms with van der Waals surface area (Å²) in [6.07, 6.45) is 1.97. The van der Waals surface area contributed by atoms with E-state index in [0.29, 0.717) is 0 Å². The zero-order valence-corrected chi connectivity index (χ0v) is 15.7. The van der Waals surface area contributed by atoms with E-state index in [1.165, 1.54) is 5.56 Å². The van der Waals surface area contributed by atoms with Crippen LogP contribution < -0.4 is 5.32 Å². The van der Waals surface area contributed by atoms with E-state index in [0.717, 1.165) is 49.6 Å². The fourth-order valence-electron chi connectivity index (χ4n) is 3.70. The quantitative estimate of drug-likeness (QED) is 0.914. The van der Waals surface area contributed by atoms with E-state index >= 15 is 0 Å². The molecule has 0 atom stereocenters. The van der Waals surface area contributed by atoms with Gasteiger partial charge in [0.05, 0.1) is 17.1 Å². The molecule has 2 aromatic rings. The van der Waals surface area contributed by atoms with Gasteiger partial charge >= 0.3 is 6.03 Å². The lowest BCUT2D eigenvalue weighted by Gasteiger charge is -2.39. The van der Waals surface area contributed by atoms with Gasteiger partial charge in [0.2, 0.25) is 0 Å². The van der Waals surface area contributed by atoms with Gasteiger partial charge in [0, 0.05) is 19.6 Å². The number of nitrogens with zero attached hydrogens (tertiary/aromatic N) is 3. The van der Waals surface area contributed by atoms with Gasteiger partial charge in [-0.05, 0) is 44.6 Å². The minimum absolute atomic E-state index is 0.0167. The van der Waals surface area contributed by atoms with Crippen LogP contribution in [0.4, 0.5) is 10.5 Å². The number of aryl methyl sites for hydroxylation is 2. The molecule has 1 saturated heterocycles. The summed E-state index contributed by atoms with van der Waals surface area (Å²) in [6.45, 7) is 10.7. The highest BCUT2D eigenvalue weighted by Crippen LogP contribution is 2.35. The molecular formula is C20H28N4O. The molecule has 25 heavy (non-hydrogen) atoms. The van der Waals surface area contributed by atoms with Gasteiger partial charge in [-0.1, -0.05) is 37.3 Å². The van der Waals surface area contributed by atoms with Crippen molar-refractivity contribution in [2.24, 2.45) is 0 Å². The lowest BCUT2D eigenvalue weighted by atomic mass is 9.74. The van der Waals surface area contributed by atoms with Gasteiger partial charge in [0.25, 0.3) is 0 Å². The van der Waals surface area contributed by atoms with Crippen LogP contribution in [0.5, 0.6) is 0 Å². The molecule has 0 unspecified atom stereocenters. The van der Waals surface area contributed by atoms with Gasteiger partial charge in [0.15, 0.2) is 0 Å². The molecule has 5 heteroatoms. The number of amides is 2. The fourth-order valence-corrected chi connectivity index (χ4v) is 3.70. The lowest BCUT2D eigenvalue weighted by molar-refractivity contribution is 0.174. The molecule has 1 N–H and O–H groups in total. The van der Waals surface area contributed by atoms with Crippen molar-refractivity contribution in [1.29, 1.82) is 0 Å². The number of rotatable bonds is 3. The molecule has 0 saturated carbocycles. The summed E-state index contributed by atoms with van der Waals surface area (Å²) in [5, 5.41) is 7.55. The molecular weight excluding hydrogens is 312 g/mol. The van der Waals surface area contributed by atoms with Crippen LogP contribution in [0.2, 0.25) is 0 Å². The summed E-state index contributed by atoms with van der Waals surface area (Å²) >= 11 is 0. The highest BCUT2D eigenvalue weighted by molar-refractivity contribution is 5.90. The predicted molar refractivity (Wildman–Crippen MR) is 101 cm³/mol. The molecule has 1 aliphatic heterocycles. The van der Waals surface area contributed by atoms with E-state index in [1.807, 2.05) is 23.4 Å². The average molecular weight is 340 g/mol. The second kappa shape index (κ2) is 6.90. The number of hydrogen-bond donors (Lipinski definition) is 1. The van der Waals surface area contributed by atoms with E-state index in [4.69, 9.17) is 0 Å². The van der Waals surface area contributed by atoms with Crippen LogP contribution >= 0.6 is 0 Å². The van der Waals surface area contributed by atoms with E-state index in [2.05, 4.69) is 54.6 Å². The third-order valence-corrected chi connectivity index (χ3v) is 5.54. The Morgan fingerprint density at radius 1 is 1.20 bits per heavy atom. The Balaban J connectivity index is 1.65. The van der Waals surface area contributed by atoms with Crippen molar-refractivity contribution < 1.29 is 4.79 Å². The van der Waals surface area contributed by atoms with Crippen LogP contribution in [0.1, 0.15) is 43.6 Å².